The number of benzene rings is 2. The number of aryl methyl sites for hydroxylation is 1. The lowest BCUT2D eigenvalue weighted by atomic mass is 9.94. The summed E-state index contributed by atoms with van der Waals surface area (Å²) in [5, 5.41) is 11.4. The summed E-state index contributed by atoms with van der Waals surface area (Å²) in [6.45, 7) is 2.00. The van der Waals surface area contributed by atoms with Crippen molar-refractivity contribution in [2.45, 2.75) is 25.6 Å². The molecule has 0 saturated carbocycles. The van der Waals surface area contributed by atoms with Gasteiger partial charge in [-0.1, -0.05) is 34.8 Å². The van der Waals surface area contributed by atoms with Gasteiger partial charge in [-0.2, -0.15) is 0 Å². The molecule has 0 spiro atoms. The lowest BCUT2D eigenvalue weighted by molar-refractivity contribution is 0.0657. The van der Waals surface area contributed by atoms with E-state index >= 15 is 0 Å². The molecule has 0 bridgehead atoms. The van der Waals surface area contributed by atoms with Crippen molar-refractivity contribution >= 4 is 23.2 Å². The average molecular weight is 309 g/mol. The van der Waals surface area contributed by atoms with E-state index in [2.05, 4.69) is 0 Å². The van der Waals surface area contributed by atoms with E-state index in [1.54, 1.807) is 6.07 Å². The van der Waals surface area contributed by atoms with Gasteiger partial charge in [0.05, 0.1) is 6.10 Å². The summed E-state index contributed by atoms with van der Waals surface area (Å²) in [5.41, 5.74) is 2.83. The molecule has 2 aromatic carbocycles. The van der Waals surface area contributed by atoms with Crippen molar-refractivity contribution in [2.75, 3.05) is 0 Å². The average Bonchev–Trinajstić information content (AvgIpc) is 2.38. The molecule has 3 rings (SSSR count). The van der Waals surface area contributed by atoms with Crippen molar-refractivity contribution in [1.29, 1.82) is 0 Å². The van der Waals surface area contributed by atoms with E-state index < -0.39 is 6.10 Å². The Labute approximate surface area is 127 Å². The molecule has 4 heteroatoms. The molecule has 2 aromatic rings. The molecule has 1 aliphatic heterocycles. The molecule has 0 aliphatic carbocycles. The van der Waals surface area contributed by atoms with Crippen LogP contribution in [0.1, 0.15) is 35.3 Å². The summed E-state index contributed by atoms with van der Waals surface area (Å²) in [7, 11) is 0. The summed E-state index contributed by atoms with van der Waals surface area (Å²) in [4.78, 5) is 0. The Balaban J connectivity index is 1.96. The molecule has 20 heavy (non-hydrogen) atoms. The fourth-order valence-corrected chi connectivity index (χ4v) is 3.07. The molecule has 0 fully saturated rings. The molecule has 2 atom stereocenters. The van der Waals surface area contributed by atoms with Crippen LogP contribution in [0.25, 0.3) is 0 Å². The summed E-state index contributed by atoms with van der Waals surface area (Å²) < 4.78 is 5.98. The molecule has 2 nitrogen and oxygen atoms in total. The number of ether oxygens (including phenoxy) is 1. The second-order valence-electron chi connectivity index (χ2n) is 5.10. The molecule has 0 radical (unpaired) electrons. The van der Waals surface area contributed by atoms with Gasteiger partial charge in [0, 0.05) is 22.0 Å². The Morgan fingerprint density at radius 1 is 1.10 bits per heavy atom. The van der Waals surface area contributed by atoms with E-state index in [9.17, 15) is 5.11 Å². The first kappa shape index (κ1) is 13.7. The number of aliphatic hydroxyl groups excluding tert-OH is 1. The first-order chi connectivity index (χ1) is 9.52. The van der Waals surface area contributed by atoms with Gasteiger partial charge in [-0.3, -0.25) is 0 Å². The van der Waals surface area contributed by atoms with Gasteiger partial charge in [0.1, 0.15) is 11.9 Å². The normalized spacial score (nSPS) is 21.2. The minimum absolute atomic E-state index is 0.239. The molecule has 0 saturated heterocycles. The summed E-state index contributed by atoms with van der Waals surface area (Å²) in [6, 6.07) is 11.2. The van der Waals surface area contributed by atoms with Crippen molar-refractivity contribution in [3.8, 4) is 5.75 Å². The molecule has 1 aliphatic rings. The van der Waals surface area contributed by atoms with Gasteiger partial charge in [0.25, 0.3) is 0 Å². The lowest BCUT2D eigenvalue weighted by Crippen LogP contribution is -2.19. The van der Waals surface area contributed by atoms with Gasteiger partial charge in [0.15, 0.2) is 0 Å². The fourth-order valence-electron chi connectivity index (χ4n) is 2.53. The maximum Gasteiger partial charge on any atom is 0.127 e. The highest BCUT2D eigenvalue weighted by Gasteiger charge is 2.28. The van der Waals surface area contributed by atoms with E-state index in [-0.39, 0.29) is 6.10 Å². The zero-order chi connectivity index (χ0) is 14.3. The number of hydrogen-bond acceptors (Lipinski definition) is 2. The van der Waals surface area contributed by atoms with Gasteiger partial charge in [-0.15, -0.1) is 0 Å². The van der Waals surface area contributed by atoms with Crippen molar-refractivity contribution in [2.24, 2.45) is 0 Å². The van der Waals surface area contributed by atoms with Crippen molar-refractivity contribution in [3.63, 3.8) is 0 Å². The third-order valence-corrected chi connectivity index (χ3v) is 3.92. The first-order valence-electron chi connectivity index (χ1n) is 6.44. The van der Waals surface area contributed by atoms with Crippen LogP contribution >= 0.6 is 23.2 Å². The quantitative estimate of drug-likeness (QED) is 0.815. The van der Waals surface area contributed by atoms with E-state index in [1.807, 2.05) is 37.3 Å². The molecular weight excluding hydrogens is 295 g/mol. The molecular formula is C16H14Cl2O2. The molecule has 1 N–H and O–H groups in total. The Kier molecular flexibility index (Phi) is 3.63. The van der Waals surface area contributed by atoms with Crippen LogP contribution in [0.15, 0.2) is 36.4 Å². The van der Waals surface area contributed by atoms with Crippen LogP contribution in [0.3, 0.4) is 0 Å². The second-order valence-corrected chi connectivity index (χ2v) is 5.97. The Morgan fingerprint density at radius 2 is 1.80 bits per heavy atom. The Hall–Kier alpha value is -1.22. The summed E-state index contributed by atoms with van der Waals surface area (Å²) in [5.74, 6) is 0.718. The number of fused-ring (bicyclic) bond motifs is 1. The molecule has 0 aromatic heterocycles. The monoisotopic (exact) mass is 308 g/mol. The van der Waals surface area contributed by atoms with Crippen LogP contribution in [-0.2, 0) is 0 Å². The van der Waals surface area contributed by atoms with Crippen molar-refractivity contribution < 1.29 is 9.84 Å². The van der Waals surface area contributed by atoms with Crippen molar-refractivity contribution in [3.05, 3.63) is 63.1 Å². The van der Waals surface area contributed by atoms with Crippen molar-refractivity contribution in [1.82, 2.24) is 0 Å². The van der Waals surface area contributed by atoms with Crippen LogP contribution in [-0.4, -0.2) is 5.11 Å². The first-order valence-corrected chi connectivity index (χ1v) is 7.20. The lowest BCUT2D eigenvalue weighted by Gasteiger charge is -2.30. The fraction of sp³-hybridized carbons (Fsp3) is 0.250. The topological polar surface area (TPSA) is 29.5 Å². The predicted molar refractivity (Wildman–Crippen MR) is 80.6 cm³/mol. The predicted octanol–water partition coefficient (Wildman–Crippen LogP) is 4.86. The molecule has 0 amide bonds. The number of halogens is 2. The van der Waals surface area contributed by atoms with E-state index in [4.69, 9.17) is 27.9 Å². The maximum atomic E-state index is 10.3. The molecule has 1 heterocycles. The number of aliphatic hydroxyl groups is 1. The number of rotatable bonds is 1. The minimum Gasteiger partial charge on any atom is -0.485 e. The van der Waals surface area contributed by atoms with Crippen LogP contribution in [0.2, 0.25) is 10.0 Å². The Bertz CT molecular complexity index is 635. The molecule has 104 valence electrons. The van der Waals surface area contributed by atoms with E-state index in [0.29, 0.717) is 16.5 Å². The highest BCUT2D eigenvalue weighted by atomic mass is 35.5. The zero-order valence-corrected chi connectivity index (χ0v) is 12.4. The standard InChI is InChI=1S/C16H14Cl2O2/c1-9-2-3-15-13(4-9)14(19)8-16(20-15)10-5-11(17)7-12(18)6-10/h2-7,14,16,19H,8H2,1H3/t14-,16?/m1/s1. The smallest absolute Gasteiger partial charge is 0.127 e. The van der Waals surface area contributed by atoms with Gasteiger partial charge in [-0.25, -0.2) is 0 Å². The third-order valence-electron chi connectivity index (χ3n) is 3.49. The zero-order valence-electron chi connectivity index (χ0n) is 10.9. The molecule has 1 unspecified atom stereocenters. The van der Waals surface area contributed by atoms with Crippen LogP contribution in [0.4, 0.5) is 0 Å². The second kappa shape index (κ2) is 5.28. The van der Waals surface area contributed by atoms with Crippen LogP contribution in [0.5, 0.6) is 5.75 Å². The van der Waals surface area contributed by atoms with Gasteiger partial charge >= 0.3 is 0 Å². The Morgan fingerprint density at radius 3 is 2.50 bits per heavy atom. The number of hydrogen-bond donors (Lipinski definition) is 1. The maximum absolute atomic E-state index is 10.3. The third kappa shape index (κ3) is 2.64. The van der Waals surface area contributed by atoms with E-state index in [0.717, 1.165) is 22.4 Å². The van der Waals surface area contributed by atoms with E-state index in [1.165, 1.54) is 0 Å². The van der Waals surface area contributed by atoms with Gasteiger partial charge in [-0.05, 0) is 42.8 Å². The summed E-state index contributed by atoms with van der Waals surface area (Å²) >= 11 is 12.0. The van der Waals surface area contributed by atoms with Gasteiger partial charge < -0.3 is 9.84 Å². The largest absolute Gasteiger partial charge is 0.485 e. The minimum atomic E-state index is -0.540. The van der Waals surface area contributed by atoms with Gasteiger partial charge in [0.2, 0.25) is 0 Å². The highest BCUT2D eigenvalue weighted by Crippen LogP contribution is 2.41. The summed E-state index contributed by atoms with van der Waals surface area (Å²) in [6.07, 6.45) is -0.287. The SMILES string of the molecule is Cc1ccc2c(c1)[C@H](O)CC(c1cc(Cl)cc(Cl)c1)O2. The highest BCUT2D eigenvalue weighted by molar-refractivity contribution is 6.34. The van der Waals surface area contributed by atoms with Crippen LogP contribution < -0.4 is 4.74 Å². The van der Waals surface area contributed by atoms with Crippen LogP contribution in [0, 0.1) is 6.92 Å².